The molecule has 7 heteroatoms. The molecule has 0 saturated heterocycles. The van der Waals surface area contributed by atoms with E-state index in [2.05, 4.69) is 21.8 Å². The molecular formula is C24H27ClN2O3S. The normalized spacial score (nSPS) is 16.1. The summed E-state index contributed by atoms with van der Waals surface area (Å²) >= 11 is 5.92. The maximum absolute atomic E-state index is 12.9. The quantitative estimate of drug-likeness (QED) is 0.466. The number of hydrogen-bond acceptors (Lipinski definition) is 4. The van der Waals surface area contributed by atoms with Gasteiger partial charge in [0, 0.05) is 23.7 Å². The Morgan fingerprint density at radius 2 is 1.71 bits per heavy atom. The Kier molecular flexibility index (Phi) is 7.13. The van der Waals surface area contributed by atoms with Crippen LogP contribution < -0.4 is 4.72 Å². The minimum Gasteiger partial charge on any atom is -0.468 e. The third-order valence-electron chi connectivity index (χ3n) is 5.89. The molecule has 1 N–H and O–H groups in total. The number of halogens is 1. The number of rotatable bonds is 9. The zero-order chi connectivity index (χ0) is 21.7. The molecule has 0 radical (unpaired) electrons. The van der Waals surface area contributed by atoms with Crippen LogP contribution in [0.2, 0.25) is 5.02 Å². The first-order chi connectivity index (χ1) is 15.0. The minimum atomic E-state index is -3.66. The number of sulfonamides is 1. The average Bonchev–Trinajstić information content (AvgIpc) is 3.48. The van der Waals surface area contributed by atoms with Gasteiger partial charge in [0.2, 0.25) is 10.0 Å². The summed E-state index contributed by atoms with van der Waals surface area (Å²) in [4.78, 5) is 2.60. The number of furan rings is 1. The summed E-state index contributed by atoms with van der Waals surface area (Å²) in [7, 11) is -3.66. The van der Waals surface area contributed by atoms with E-state index in [0.29, 0.717) is 17.6 Å². The molecule has 1 aliphatic carbocycles. The van der Waals surface area contributed by atoms with Crippen molar-refractivity contribution in [3.05, 3.63) is 89.3 Å². The standard InChI is InChI=1S/C24H27ClN2O3S/c25-20-12-14-23(15-13-20)31(28,29)26-17-24(19-7-2-1-3-8-19)27(21-9-4-5-10-21)18-22-11-6-16-30-22/h1-3,6-8,11-16,21,24,26H,4-5,9-10,17-18H2/t24-/m0/s1. The topological polar surface area (TPSA) is 62.6 Å². The van der Waals surface area contributed by atoms with Gasteiger partial charge >= 0.3 is 0 Å². The van der Waals surface area contributed by atoms with Crippen LogP contribution in [0, 0.1) is 0 Å². The highest BCUT2D eigenvalue weighted by molar-refractivity contribution is 7.89. The van der Waals surface area contributed by atoms with Crippen molar-refractivity contribution in [2.45, 2.75) is 49.2 Å². The van der Waals surface area contributed by atoms with E-state index >= 15 is 0 Å². The van der Waals surface area contributed by atoms with Gasteiger partial charge in [-0.1, -0.05) is 54.8 Å². The Morgan fingerprint density at radius 1 is 1.00 bits per heavy atom. The summed E-state index contributed by atoms with van der Waals surface area (Å²) in [6.07, 6.45) is 6.28. The van der Waals surface area contributed by atoms with Crippen LogP contribution in [-0.2, 0) is 16.6 Å². The molecule has 0 unspecified atom stereocenters. The predicted octanol–water partition coefficient (Wildman–Crippen LogP) is 5.40. The molecule has 2 aromatic carbocycles. The Hall–Kier alpha value is -2.12. The number of hydrogen-bond donors (Lipinski definition) is 1. The van der Waals surface area contributed by atoms with Gasteiger partial charge in [-0.15, -0.1) is 0 Å². The van der Waals surface area contributed by atoms with E-state index in [1.165, 1.54) is 25.0 Å². The lowest BCUT2D eigenvalue weighted by Crippen LogP contribution is -2.42. The van der Waals surface area contributed by atoms with Crippen molar-refractivity contribution < 1.29 is 12.8 Å². The molecule has 164 valence electrons. The first-order valence-corrected chi connectivity index (χ1v) is 12.5. The van der Waals surface area contributed by atoms with Crippen molar-refractivity contribution in [1.29, 1.82) is 0 Å². The van der Waals surface area contributed by atoms with Crippen LogP contribution in [0.15, 0.2) is 82.3 Å². The Balaban J connectivity index is 1.61. The smallest absolute Gasteiger partial charge is 0.240 e. The zero-order valence-corrected chi connectivity index (χ0v) is 18.9. The second-order valence-electron chi connectivity index (χ2n) is 7.92. The molecule has 0 spiro atoms. The lowest BCUT2D eigenvalue weighted by atomic mass is 10.0. The second-order valence-corrected chi connectivity index (χ2v) is 10.1. The molecule has 1 fully saturated rings. The maximum Gasteiger partial charge on any atom is 0.240 e. The first kappa shape index (κ1) is 22.1. The molecule has 1 aliphatic rings. The molecule has 1 heterocycles. The van der Waals surface area contributed by atoms with Crippen molar-refractivity contribution in [2.24, 2.45) is 0 Å². The Morgan fingerprint density at radius 3 is 2.35 bits per heavy atom. The number of nitrogens with one attached hydrogen (secondary N) is 1. The maximum atomic E-state index is 12.9. The van der Waals surface area contributed by atoms with E-state index in [-0.39, 0.29) is 17.5 Å². The molecule has 0 bridgehead atoms. The summed E-state index contributed by atoms with van der Waals surface area (Å²) in [6, 6.07) is 20.5. The monoisotopic (exact) mass is 458 g/mol. The van der Waals surface area contributed by atoms with Crippen LogP contribution in [-0.4, -0.2) is 25.9 Å². The highest BCUT2D eigenvalue weighted by Gasteiger charge is 2.31. The van der Waals surface area contributed by atoms with Crippen LogP contribution in [0.1, 0.15) is 43.0 Å². The van der Waals surface area contributed by atoms with Gasteiger partial charge in [-0.25, -0.2) is 13.1 Å². The lowest BCUT2D eigenvalue weighted by molar-refractivity contribution is 0.117. The van der Waals surface area contributed by atoms with Crippen LogP contribution in [0.25, 0.3) is 0 Å². The van der Waals surface area contributed by atoms with Crippen LogP contribution in [0.4, 0.5) is 0 Å². The zero-order valence-electron chi connectivity index (χ0n) is 17.3. The van der Waals surface area contributed by atoms with Gasteiger partial charge in [0.1, 0.15) is 5.76 Å². The Bertz CT molecular complexity index is 1050. The first-order valence-electron chi connectivity index (χ1n) is 10.6. The van der Waals surface area contributed by atoms with Crippen LogP contribution in [0.3, 0.4) is 0 Å². The van der Waals surface area contributed by atoms with Gasteiger partial charge in [0.15, 0.2) is 0 Å². The SMILES string of the molecule is O=S(=O)(NC[C@@H](c1ccccc1)N(Cc1ccco1)C1CCCC1)c1ccc(Cl)cc1. The molecule has 1 saturated carbocycles. The van der Waals surface area contributed by atoms with Gasteiger partial charge in [-0.05, 0) is 54.8 Å². The molecular weight excluding hydrogens is 432 g/mol. The summed E-state index contributed by atoms with van der Waals surface area (Å²) < 4.78 is 34.4. The molecule has 3 aromatic rings. The van der Waals surface area contributed by atoms with E-state index in [9.17, 15) is 8.42 Å². The van der Waals surface area contributed by atoms with Crippen LogP contribution >= 0.6 is 11.6 Å². The molecule has 0 amide bonds. The fourth-order valence-electron chi connectivity index (χ4n) is 4.30. The van der Waals surface area contributed by atoms with Gasteiger partial charge in [0.05, 0.1) is 17.7 Å². The molecule has 4 rings (SSSR count). The van der Waals surface area contributed by atoms with E-state index < -0.39 is 10.0 Å². The largest absolute Gasteiger partial charge is 0.468 e. The Labute approximate surface area is 189 Å². The van der Waals surface area contributed by atoms with Crippen molar-refractivity contribution in [2.75, 3.05) is 6.54 Å². The highest BCUT2D eigenvalue weighted by Crippen LogP contribution is 2.33. The van der Waals surface area contributed by atoms with E-state index in [4.69, 9.17) is 16.0 Å². The lowest BCUT2D eigenvalue weighted by Gasteiger charge is -2.36. The van der Waals surface area contributed by atoms with Crippen molar-refractivity contribution in [3.63, 3.8) is 0 Å². The highest BCUT2D eigenvalue weighted by atomic mass is 35.5. The van der Waals surface area contributed by atoms with E-state index in [1.54, 1.807) is 18.4 Å². The van der Waals surface area contributed by atoms with E-state index in [0.717, 1.165) is 24.2 Å². The molecule has 1 atom stereocenters. The molecule has 31 heavy (non-hydrogen) atoms. The average molecular weight is 459 g/mol. The molecule has 0 aliphatic heterocycles. The fraction of sp³-hybridized carbons (Fsp3) is 0.333. The summed E-state index contributed by atoms with van der Waals surface area (Å²) in [5, 5.41) is 0.506. The third-order valence-corrected chi connectivity index (χ3v) is 7.58. The third kappa shape index (κ3) is 5.57. The summed E-state index contributed by atoms with van der Waals surface area (Å²) in [5.74, 6) is 0.883. The summed E-state index contributed by atoms with van der Waals surface area (Å²) in [6.45, 7) is 0.909. The second kappa shape index (κ2) is 10.0. The van der Waals surface area contributed by atoms with Crippen LogP contribution in [0.5, 0.6) is 0 Å². The van der Waals surface area contributed by atoms with Gasteiger partial charge < -0.3 is 4.42 Å². The number of benzene rings is 2. The van der Waals surface area contributed by atoms with Crippen molar-refractivity contribution >= 4 is 21.6 Å². The fourth-order valence-corrected chi connectivity index (χ4v) is 5.46. The molecule has 5 nitrogen and oxygen atoms in total. The van der Waals surface area contributed by atoms with Gasteiger partial charge in [-0.3, -0.25) is 4.90 Å². The van der Waals surface area contributed by atoms with Gasteiger partial charge in [0.25, 0.3) is 0 Å². The van der Waals surface area contributed by atoms with Gasteiger partial charge in [-0.2, -0.15) is 0 Å². The minimum absolute atomic E-state index is 0.114. The molecule has 1 aromatic heterocycles. The van der Waals surface area contributed by atoms with Crippen molar-refractivity contribution in [3.8, 4) is 0 Å². The summed E-state index contributed by atoms with van der Waals surface area (Å²) in [5.41, 5.74) is 1.08. The predicted molar refractivity (Wildman–Crippen MR) is 122 cm³/mol. The number of nitrogens with zero attached hydrogens (tertiary/aromatic N) is 1. The van der Waals surface area contributed by atoms with Crippen molar-refractivity contribution in [1.82, 2.24) is 9.62 Å². The van der Waals surface area contributed by atoms with E-state index in [1.807, 2.05) is 30.3 Å².